The zero-order valence-corrected chi connectivity index (χ0v) is 16.4. The maximum Gasteiger partial charge on any atom is 0.254 e. The van der Waals surface area contributed by atoms with Crippen molar-refractivity contribution in [2.75, 3.05) is 43.5 Å². The predicted octanol–water partition coefficient (Wildman–Crippen LogP) is 3.26. The monoisotopic (exact) mass is 392 g/mol. The van der Waals surface area contributed by atoms with Crippen LogP contribution >= 0.6 is 0 Å². The normalized spacial score (nSPS) is 14.0. The van der Waals surface area contributed by atoms with Gasteiger partial charge in [-0.15, -0.1) is 0 Å². The molecule has 1 aromatic carbocycles. The van der Waals surface area contributed by atoms with Crippen molar-refractivity contribution in [3.8, 4) is 5.75 Å². The number of aromatic nitrogens is 1. The highest BCUT2D eigenvalue weighted by molar-refractivity contribution is 5.95. The van der Waals surface area contributed by atoms with Gasteiger partial charge in [-0.2, -0.15) is 0 Å². The van der Waals surface area contributed by atoms with Gasteiger partial charge in [0, 0.05) is 43.6 Å². The van der Waals surface area contributed by atoms with Crippen molar-refractivity contribution < 1.29 is 13.9 Å². The third kappa shape index (κ3) is 4.51. The standard InChI is InChI=1S/C22H24N4O3/c1-28-19-6-4-18(5-7-19)25-10-12-26(13-11-25)22(27)17-8-9-23-21(15-17)24-16-20-3-2-14-29-20/h2-9,14-15H,10-13,16H2,1H3,(H,23,24). The Balaban J connectivity index is 1.34. The summed E-state index contributed by atoms with van der Waals surface area (Å²) in [5, 5.41) is 3.19. The van der Waals surface area contributed by atoms with Gasteiger partial charge in [0.2, 0.25) is 0 Å². The van der Waals surface area contributed by atoms with Crippen LogP contribution in [0.5, 0.6) is 5.75 Å². The number of amides is 1. The van der Waals surface area contributed by atoms with Crippen LogP contribution in [0.4, 0.5) is 11.5 Å². The molecular formula is C22H24N4O3. The largest absolute Gasteiger partial charge is 0.497 e. The second-order valence-electron chi connectivity index (χ2n) is 6.84. The van der Waals surface area contributed by atoms with Gasteiger partial charge >= 0.3 is 0 Å². The molecule has 0 aliphatic carbocycles. The Morgan fingerprint density at radius 3 is 2.62 bits per heavy atom. The van der Waals surface area contributed by atoms with E-state index in [1.807, 2.05) is 29.2 Å². The summed E-state index contributed by atoms with van der Waals surface area (Å²) in [6, 6.07) is 15.3. The molecule has 3 heterocycles. The molecule has 7 heteroatoms. The molecule has 2 aromatic heterocycles. The first-order valence-corrected chi connectivity index (χ1v) is 9.63. The molecule has 0 spiro atoms. The van der Waals surface area contributed by atoms with E-state index in [4.69, 9.17) is 9.15 Å². The quantitative estimate of drug-likeness (QED) is 0.694. The summed E-state index contributed by atoms with van der Waals surface area (Å²) >= 11 is 0. The van der Waals surface area contributed by atoms with Gasteiger partial charge in [0.25, 0.3) is 5.91 Å². The third-order valence-corrected chi connectivity index (χ3v) is 5.04. The first-order valence-electron chi connectivity index (χ1n) is 9.63. The highest BCUT2D eigenvalue weighted by Gasteiger charge is 2.22. The summed E-state index contributed by atoms with van der Waals surface area (Å²) in [4.78, 5) is 21.4. The van der Waals surface area contributed by atoms with Crippen LogP contribution in [-0.4, -0.2) is 49.1 Å². The Morgan fingerprint density at radius 1 is 1.14 bits per heavy atom. The summed E-state index contributed by atoms with van der Waals surface area (Å²) in [5.74, 6) is 2.35. The topological polar surface area (TPSA) is 70.8 Å². The number of hydrogen-bond donors (Lipinski definition) is 1. The van der Waals surface area contributed by atoms with Gasteiger partial charge < -0.3 is 24.3 Å². The Labute approximate surface area is 169 Å². The van der Waals surface area contributed by atoms with Crippen molar-refractivity contribution >= 4 is 17.4 Å². The number of carbonyl (C=O) groups excluding carboxylic acids is 1. The summed E-state index contributed by atoms with van der Waals surface area (Å²) < 4.78 is 10.5. The fraction of sp³-hybridized carbons (Fsp3) is 0.273. The minimum atomic E-state index is 0.0304. The SMILES string of the molecule is COc1ccc(N2CCN(C(=O)c3ccnc(NCc4ccco4)c3)CC2)cc1. The summed E-state index contributed by atoms with van der Waals surface area (Å²) in [7, 11) is 1.66. The Bertz CT molecular complexity index is 933. The predicted molar refractivity (Wildman–Crippen MR) is 111 cm³/mol. The van der Waals surface area contributed by atoms with E-state index in [-0.39, 0.29) is 5.91 Å². The number of pyridine rings is 1. The van der Waals surface area contributed by atoms with E-state index in [9.17, 15) is 4.79 Å². The average molecular weight is 392 g/mol. The lowest BCUT2D eigenvalue weighted by atomic mass is 10.2. The number of hydrogen-bond acceptors (Lipinski definition) is 6. The molecule has 0 atom stereocenters. The molecule has 29 heavy (non-hydrogen) atoms. The number of ether oxygens (including phenoxy) is 1. The van der Waals surface area contributed by atoms with Crippen molar-refractivity contribution in [1.29, 1.82) is 0 Å². The molecule has 150 valence electrons. The third-order valence-electron chi connectivity index (χ3n) is 5.04. The number of carbonyl (C=O) groups is 1. The molecule has 3 aromatic rings. The van der Waals surface area contributed by atoms with Crippen LogP contribution in [0.15, 0.2) is 65.4 Å². The number of rotatable bonds is 6. The fourth-order valence-electron chi connectivity index (χ4n) is 3.39. The van der Waals surface area contributed by atoms with Crippen molar-refractivity contribution in [1.82, 2.24) is 9.88 Å². The lowest BCUT2D eigenvalue weighted by Gasteiger charge is -2.36. The number of methoxy groups -OCH3 is 1. The molecule has 1 fully saturated rings. The van der Waals surface area contributed by atoms with Crippen LogP contribution in [0, 0.1) is 0 Å². The maximum atomic E-state index is 12.9. The van der Waals surface area contributed by atoms with E-state index in [1.165, 1.54) is 0 Å². The van der Waals surface area contributed by atoms with Crippen molar-refractivity contribution in [2.24, 2.45) is 0 Å². The van der Waals surface area contributed by atoms with Crippen molar-refractivity contribution in [3.05, 3.63) is 72.3 Å². The Hall–Kier alpha value is -3.48. The smallest absolute Gasteiger partial charge is 0.254 e. The minimum absolute atomic E-state index is 0.0304. The molecule has 1 amide bonds. The number of benzene rings is 1. The van der Waals surface area contributed by atoms with E-state index >= 15 is 0 Å². The number of nitrogens with zero attached hydrogens (tertiary/aromatic N) is 3. The summed E-state index contributed by atoms with van der Waals surface area (Å²) in [6.45, 7) is 3.49. The van der Waals surface area contributed by atoms with E-state index in [0.29, 0.717) is 31.0 Å². The van der Waals surface area contributed by atoms with Crippen LogP contribution in [0.2, 0.25) is 0 Å². The van der Waals surface area contributed by atoms with Crippen LogP contribution in [0.25, 0.3) is 0 Å². The van der Waals surface area contributed by atoms with Gasteiger partial charge in [0.15, 0.2) is 0 Å². The van der Waals surface area contributed by atoms with Gasteiger partial charge in [-0.1, -0.05) is 0 Å². The first kappa shape index (κ1) is 18.9. The zero-order chi connectivity index (χ0) is 20.1. The van der Waals surface area contributed by atoms with Gasteiger partial charge in [-0.25, -0.2) is 4.98 Å². The van der Waals surface area contributed by atoms with Crippen LogP contribution < -0.4 is 15.0 Å². The minimum Gasteiger partial charge on any atom is -0.497 e. The van der Waals surface area contributed by atoms with Gasteiger partial charge in [-0.3, -0.25) is 4.79 Å². The van der Waals surface area contributed by atoms with Crippen LogP contribution in [-0.2, 0) is 6.54 Å². The average Bonchev–Trinajstić information content (AvgIpc) is 3.31. The van der Waals surface area contributed by atoms with Gasteiger partial charge in [0.05, 0.1) is 19.9 Å². The number of nitrogens with one attached hydrogen (secondary N) is 1. The fourth-order valence-corrected chi connectivity index (χ4v) is 3.39. The van der Waals surface area contributed by atoms with Crippen LogP contribution in [0.1, 0.15) is 16.1 Å². The van der Waals surface area contributed by atoms with Crippen molar-refractivity contribution in [2.45, 2.75) is 6.54 Å². The Kier molecular flexibility index (Phi) is 5.65. The second kappa shape index (κ2) is 8.68. The molecule has 1 saturated heterocycles. The molecule has 0 saturated carbocycles. The van der Waals surface area contributed by atoms with Crippen molar-refractivity contribution in [3.63, 3.8) is 0 Å². The number of piperazine rings is 1. The Morgan fingerprint density at radius 2 is 1.93 bits per heavy atom. The second-order valence-corrected chi connectivity index (χ2v) is 6.84. The van der Waals surface area contributed by atoms with Gasteiger partial charge in [-0.05, 0) is 48.5 Å². The molecular weight excluding hydrogens is 368 g/mol. The molecule has 0 unspecified atom stereocenters. The number of furan rings is 1. The lowest BCUT2D eigenvalue weighted by Crippen LogP contribution is -2.48. The molecule has 7 nitrogen and oxygen atoms in total. The lowest BCUT2D eigenvalue weighted by molar-refractivity contribution is 0.0746. The zero-order valence-electron chi connectivity index (χ0n) is 16.4. The highest BCUT2D eigenvalue weighted by atomic mass is 16.5. The number of anilines is 2. The van der Waals surface area contributed by atoms with Crippen LogP contribution in [0.3, 0.4) is 0 Å². The molecule has 0 radical (unpaired) electrons. The maximum absolute atomic E-state index is 12.9. The molecule has 1 N–H and O–H groups in total. The first-order chi connectivity index (χ1) is 14.2. The molecule has 0 bridgehead atoms. The molecule has 1 aliphatic rings. The van der Waals surface area contributed by atoms with E-state index < -0.39 is 0 Å². The van der Waals surface area contributed by atoms with E-state index in [0.717, 1.165) is 30.3 Å². The summed E-state index contributed by atoms with van der Waals surface area (Å²) in [6.07, 6.45) is 3.29. The molecule has 4 rings (SSSR count). The van der Waals surface area contributed by atoms with Gasteiger partial charge in [0.1, 0.15) is 17.3 Å². The highest BCUT2D eigenvalue weighted by Crippen LogP contribution is 2.21. The molecule has 1 aliphatic heterocycles. The summed E-state index contributed by atoms with van der Waals surface area (Å²) in [5.41, 5.74) is 1.78. The van der Waals surface area contributed by atoms with E-state index in [2.05, 4.69) is 27.3 Å². The van der Waals surface area contributed by atoms with E-state index in [1.54, 1.807) is 31.7 Å².